The second kappa shape index (κ2) is 15.8. The Morgan fingerprint density at radius 3 is 1.80 bits per heavy atom. The van der Waals surface area contributed by atoms with E-state index in [-0.39, 0.29) is 5.41 Å². The molecular weight excluding hydrogens is 781 g/mol. The minimum Gasteiger partial charge on any atom is -0.294 e. The van der Waals surface area contributed by atoms with Gasteiger partial charge in [-0.2, -0.15) is 0 Å². The lowest BCUT2D eigenvalue weighted by atomic mass is 9.64. The first kappa shape index (κ1) is 40.2. The quantitative estimate of drug-likeness (QED) is 0.113. The lowest BCUT2D eigenvalue weighted by Crippen LogP contribution is -2.31. The van der Waals surface area contributed by atoms with Gasteiger partial charge in [-0.3, -0.25) is 9.13 Å². The molecular formula is C58H48N6. The summed E-state index contributed by atoms with van der Waals surface area (Å²) >= 11 is 0. The second-order valence-corrected chi connectivity index (χ2v) is 17.8. The van der Waals surface area contributed by atoms with E-state index in [0.29, 0.717) is 11.5 Å². The molecule has 3 aromatic heterocycles. The van der Waals surface area contributed by atoms with Crippen LogP contribution in [0.5, 0.6) is 0 Å². The highest BCUT2D eigenvalue weighted by Gasteiger charge is 2.40. The number of aryl methyl sites for hydroxylation is 3. The monoisotopic (exact) mass is 828 g/mol. The molecule has 0 unspecified atom stereocenters. The number of aromatic nitrogens is 5. The SMILES string of the molecule is [C-]#[N+]c1cc(-c2nnc(-c3ccccc3C)n2-c2c(C)cccc2C)cc(C(c2ccccc2)(c2ccccc2)c2ccc3c4ccccc4n(-c4cc(C(C)(C)C)ccn4)c3c2)c1. The number of nitrogens with zero attached hydrogens (tertiary/aromatic N) is 6. The maximum Gasteiger partial charge on any atom is 0.188 e. The first-order valence-corrected chi connectivity index (χ1v) is 21.8. The van der Waals surface area contributed by atoms with Crippen molar-refractivity contribution in [2.45, 2.75) is 52.4 Å². The predicted molar refractivity (Wildman–Crippen MR) is 262 cm³/mol. The van der Waals surface area contributed by atoms with E-state index in [1.807, 2.05) is 24.4 Å². The lowest BCUT2D eigenvalue weighted by molar-refractivity contribution is 0.588. The average molecular weight is 829 g/mol. The molecule has 310 valence electrons. The van der Waals surface area contributed by atoms with Gasteiger partial charge in [0.05, 0.1) is 28.7 Å². The van der Waals surface area contributed by atoms with Crippen molar-refractivity contribution in [2.75, 3.05) is 0 Å². The summed E-state index contributed by atoms with van der Waals surface area (Å²) in [6.07, 6.45) is 1.93. The first-order valence-electron chi connectivity index (χ1n) is 21.8. The van der Waals surface area contributed by atoms with Gasteiger partial charge in [-0.1, -0.05) is 160 Å². The van der Waals surface area contributed by atoms with Gasteiger partial charge in [-0.25, -0.2) is 9.83 Å². The third-order valence-corrected chi connectivity index (χ3v) is 12.8. The Morgan fingerprint density at radius 2 is 1.11 bits per heavy atom. The largest absolute Gasteiger partial charge is 0.294 e. The van der Waals surface area contributed by atoms with Gasteiger partial charge < -0.3 is 0 Å². The lowest BCUT2D eigenvalue weighted by Gasteiger charge is -2.37. The summed E-state index contributed by atoms with van der Waals surface area (Å²) in [6, 6.07) is 62.1. The van der Waals surface area contributed by atoms with E-state index in [1.165, 1.54) is 5.56 Å². The molecule has 0 aliphatic rings. The van der Waals surface area contributed by atoms with Crippen LogP contribution in [0.25, 0.3) is 60.9 Å². The summed E-state index contributed by atoms with van der Waals surface area (Å²) in [5.41, 5.74) is 13.2. The molecule has 64 heavy (non-hydrogen) atoms. The molecule has 10 rings (SSSR count). The van der Waals surface area contributed by atoms with E-state index >= 15 is 0 Å². The minimum atomic E-state index is -0.892. The fourth-order valence-electron chi connectivity index (χ4n) is 9.70. The van der Waals surface area contributed by atoms with Gasteiger partial charge in [0.25, 0.3) is 0 Å². The van der Waals surface area contributed by atoms with E-state index in [2.05, 4.69) is 213 Å². The molecule has 3 heterocycles. The third-order valence-electron chi connectivity index (χ3n) is 12.8. The zero-order valence-electron chi connectivity index (χ0n) is 37.0. The fourth-order valence-corrected chi connectivity index (χ4v) is 9.70. The van der Waals surface area contributed by atoms with Gasteiger partial charge in [0.2, 0.25) is 0 Å². The first-order chi connectivity index (χ1) is 31.1. The van der Waals surface area contributed by atoms with Gasteiger partial charge >= 0.3 is 0 Å². The second-order valence-electron chi connectivity index (χ2n) is 17.8. The van der Waals surface area contributed by atoms with E-state index in [9.17, 15) is 0 Å². The molecule has 0 radical (unpaired) electrons. The van der Waals surface area contributed by atoms with Crippen LogP contribution >= 0.6 is 0 Å². The standard InChI is InChI=1S/C58H48N6/c1-38-19-14-15-26-48(38)56-62-61-55(64(56)54-39(2)20-18-21-40(54)3)41-33-46(35-47(34-41)59-7)58(42-22-10-8-11-23-42,43-24-12-9-13-25-43)45-29-30-50-49-27-16-17-28-51(49)63(52(50)36-45)53-37-44(31-32-60-53)57(4,5)6/h8-37H,1-6H3. The van der Waals surface area contributed by atoms with Crippen LogP contribution in [0.2, 0.25) is 0 Å². The van der Waals surface area contributed by atoms with Crippen molar-refractivity contribution < 1.29 is 0 Å². The van der Waals surface area contributed by atoms with Crippen LogP contribution in [0.1, 0.15) is 65.3 Å². The Balaban J connectivity index is 1.31. The highest BCUT2D eigenvalue weighted by molar-refractivity contribution is 6.09. The Bertz CT molecular complexity index is 3360. The summed E-state index contributed by atoms with van der Waals surface area (Å²) < 4.78 is 4.50. The molecule has 7 aromatic carbocycles. The van der Waals surface area contributed by atoms with Crippen LogP contribution in [0, 0.1) is 27.3 Å². The van der Waals surface area contributed by atoms with Crippen LogP contribution in [0.15, 0.2) is 182 Å². The van der Waals surface area contributed by atoms with Gasteiger partial charge in [0.1, 0.15) is 5.82 Å². The number of fused-ring (bicyclic) bond motifs is 3. The van der Waals surface area contributed by atoms with Crippen LogP contribution in [0.3, 0.4) is 0 Å². The van der Waals surface area contributed by atoms with E-state index in [1.54, 1.807) is 0 Å². The number of pyridine rings is 1. The normalized spacial score (nSPS) is 11.9. The maximum atomic E-state index is 8.60. The third kappa shape index (κ3) is 6.60. The summed E-state index contributed by atoms with van der Waals surface area (Å²) in [5, 5.41) is 12.3. The van der Waals surface area contributed by atoms with Crippen molar-refractivity contribution >= 4 is 27.5 Å². The van der Waals surface area contributed by atoms with Crippen LogP contribution in [-0.4, -0.2) is 24.3 Å². The molecule has 0 aliphatic carbocycles. The van der Waals surface area contributed by atoms with Crippen molar-refractivity contribution in [3.8, 4) is 34.3 Å². The Labute approximate surface area is 375 Å². The van der Waals surface area contributed by atoms with Crippen molar-refractivity contribution in [2.24, 2.45) is 0 Å². The summed E-state index contributed by atoms with van der Waals surface area (Å²) in [5.74, 6) is 2.28. The number of rotatable bonds is 8. The molecule has 0 bridgehead atoms. The molecule has 0 aliphatic heterocycles. The van der Waals surface area contributed by atoms with E-state index < -0.39 is 5.41 Å². The van der Waals surface area contributed by atoms with Crippen LogP contribution in [0.4, 0.5) is 5.69 Å². The fraction of sp³-hybridized carbons (Fsp3) is 0.138. The van der Waals surface area contributed by atoms with Gasteiger partial charge in [0, 0.05) is 28.1 Å². The Hall–Kier alpha value is -7.88. The number of para-hydroxylation sites is 2. The summed E-state index contributed by atoms with van der Waals surface area (Å²) in [7, 11) is 0. The Morgan fingerprint density at radius 1 is 0.484 bits per heavy atom. The van der Waals surface area contributed by atoms with Gasteiger partial charge in [0.15, 0.2) is 17.3 Å². The molecule has 0 N–H and O–H groups in total. The summed E-state index contributed by atoms with van der Waals surface area (Å²) in [4.78, 5) is 9.19. The van der Waals surface area contributed by atoms with Crippen LogP contribution in [-0.2, 0) is 10.8 Å². The zero-order valence-corrected chi connectivity index (χ0v) is 37.0. The van der Waals surface area contributed by atoms with Gasteiger partial charge in [-0.05, 0) is 107 Å². The molecule has 0 saturated heterocycles. The average Bonchev–Trinajstić information content (AvgIpc) is 3.89. The number of hydrogen-bond acceptors (Lipinski definition) is 3. The molecule has 6 nitrogen and oxygen atoms in total. The topological polar surface area (TPSA) is 52.9 Å². The van der Waals surface area contributed by atoms with Crippen molar-refractivity contribution in [3.05, 3.63) is 238 Å². The van der Waals surface area contributed by atoms with Crippen molar-refractivity contribution in [3.63, 3.8) is 0 Å². The zero-order chi connectivity index (χ0) is 44.2. The summed E-state index contributed by atoms with van der Waals surface area (Å²) in [6.45, 7) is 21.7. The smallest absolute Gasteiger partial charge is 0.188 e. The molecule has 0 saturated carbocycles. The van der Waals surface area contributed by atoms with Crippen molar-refractivity contribution in [1.82, 2.24) is 24.3 Å². The maximum absolute atomic E-state index is 8.60. The molecule has 0 atom stereocenters. The van der Waals surface area contributed by atoms with E-state index in [0.717, 1.165) is 89.2 Å². The number of hydrogen-bond donors (Lipinski definition) is 0. The molecule has 10 aromatic rings. The molecule has 0 amide bonds. The molecule has 0 fully saturated rings. The molecule has 0 spiro atoms. The van der Waals surface area contributed by atoms with Crippen molar-refractivity contribution in [1.29, 1.82) is 0 Å². The van der Waals surface area contributed by atoms with E-state index in [4.69, 9.17) is 21.8 Å². The molecule has 6 heteroatoms. The predicted octanol–water partition coefficient (Wildman–Crippen LogP) is 14.2. The number of benzene rings is 7. The van der Waals surface area contributed by atoms with Crippen LogP contribution < -0.4 is 0 Å². The van der Waals surface area contributed by atoms with Gasteiger partial charge in [-0.15, -0.1) is 10.2 Å². The highest BCUT2D eigenvalue weighted by atomic mass is 15.3. The highest BCUT2D eigenvalue weighted by Crippen LogP contribution is 2.49. The Kier molecular flexibility index (Phi) is 9.92. The minimum absolute atomic E-state index is 0.0637.